The van der Waals surface area contributed by atoms with E-state index in [1.54, 1.807) is 0 Å². The summed E-state index contributed by atoms with van der Waals surface area (Å²) in [4.78, 5) is 6.75. The second-order valence-corrected chi connectivity index (χ2v) is 6.14. The molecule has 2 heterocycles. The molecule has 0 amide bonds. The highest BCUT2D eigenvalue weighted by Gasteiger charge is 2.17. The van der Waals surface area contributed by atoms with E-state index in [0.717, 1.165) is 48.6 Å². The third-order valence-corrected chi connectivity index (χ3v) is 4.64. The first-order valence-electron chi connectivity index (χ1n) is 6.75. The van der Waals surface area contributed by atoms with Gasteiger partial charge in [0, 0.05) is 42.7 Å². The van der Waals surface area contributed by atoms with E-state index in [-0.39, 0.29) is 0 Å². The zero-order chi connectivity index (χ0) is 13.9. The smallest absolute Gasteiger partial charge is 0.202 e. The average Bonchev–Trinajstić information content (AvgIpc) is 2.85. The minimum absolute atomic E-state index is 0.832. The normalized spacial score (nSPS) is 15.1. The Labute approximate surface area is 128 Å². The highest BCUT2D eigenvalue weighted by Crippen LogP contribution is 2.25. The van der Waals surface area contributed by atoms with Crippen LogP contribution in [0, 0.1) is 6.92 Å². The van der Waals surface area contributed by atoms with Gasteiger partial charge in [0.1, 0.15) is 5.82 Å². The Morgan fingerprint density at radius 1 is 1.45 bits per heavy atom. The molecule has 0 aliphatic carbocycles. The largest absolute Gasteiger partial charge is 0.359 e. The Morgan fingerprint density at radius 3 is 3.15 bits per heavy atom. The number of nitrogens with one attached hydrogen (secondary N) is 1. The number of anilines is 1. The van der Waals surface area contributed by atoms with Gasteiger partial charge in [-0.25, -0.2) is 4.98 Å². The highest BCUT2D eigenvalue weighted by atomic mass is 35.5. The molecule has 0 spiro atoms. The van der Waals surface area contributed by atoms with Gasteiger partial charge in [0.2, 0.25) is 5.13 Å². The molecule has 0 atom stereocenters. The number of hydrogen-bond donors (Lipinski definition) is 1. The lowest BCUT2D eigenvalue weighted by Crippen LogP contribution is -2.34. The first-order valence-corrected chi connectivity index (χ1v) is 7.90. The summed E-state index contributed by atoms with van der Waals surface area (Å²) in [5.41, 5.74) is 2.67. The molecular formula is C14H17ClN4S. The van der Waals surface area contributed by atoms with Gasteiger partial charge < -0.3 is 5.32 Å². The standard InChI is InChI=1S/C14H17ClN4S/c1-10-17-14(20-18-10)16-6-8-19-7-5-12-11(9-19)3-2-4-13(12)15/h2-4H,5-9H2,1H3,(H,16,17,18). The molecule has 1 N–H and O–H groups in total. The molecule has 0 radical (unpaired) electrons. The first-order chi connectivity index (χ1) is 9.72. The zero-order valence-corrected chi connectivity index (χ0v) is 13.0. The van der Waals surface area contributed by atoms with E-state index < -0.39 is 0 Å². The molecular weight excluding hydrogens is 292 g/mol. The molecule has 0 fully saturated rings. The molecule has 0 bridgehead atoms. The summed E-state index contributed by atoms with van der Waals surface area (Å²) in [6.07, 6.45) is 1.03. The van der Waals surface area contributed by atoms with Crippen LogP contribution in [0.1, 0.15) is 17.0 Å². The Morgan fingerprint density at radius 2 is 2.35 bits per heavy atom. The van der Waals surface area contributed by atoms with Crippen LogP contribution in [0.3, 0.4) is 0 Å². The molecule has 2 aromatic rings. The zero-order valence-electron chi connectivity index (χ0n) is 11.4. The molecule has 1 aliphatic heterocycles. The van der Waals surface area contributed by atoms with Gasteiger partial charge in [-0.2, -0.15) is 4.37 Å². The van der Waals surface area contributed by atoms with Gasteiger partial charge >= 0.3 is 0 Å². The third-order valence-electron chi connectivity index (χ3n) is 3.52. The van der Waals surface area contributed by atoms with E-state index in [4.69, 9.17) is 11.6 Å². The van der Waals surface area contributed by atoms with Gasteiger partial charge in [0.15, 0.2) is 0 Å². The van der Waals surface area contributed by atoms with Crippen molar-refractivity contribution in [1.82, 2.24) is 14.3 Å². The van der Waals surface area contributed by atoms with Crippen molar-refractivity contribution >= 4 is 28.3 Å². The van der Waals surface area contributed by atoms with Gasteiger partial charge in [-0.1, -0.05) is 23.7 Å². The summed E-state index contributed by atoms with van der Waals surface area (Å²) < 4.78 is 4.16. The SMILES string of the molecule is Cc1nsc(NCCN2CCc3c(Cl)cccc3C2)n1. The van der Waals surface area contributed by atoms with Crippen LogP contribution in [0.4, 0.5) is 5.13 Å². The van der Waals surface area contributed by atoms with Crippen molar-refractivity contribution in [3.05, 3.63) is 40.2 Å². The van der Waals surface area contributed by atoms with Crippen molar-refractivity contribution in [1.29, 1.82) is 0 Å². The summed E-state index contributed by atoms with van der Waals surface area (Å²) >= 11 is 7.65. The molecule has 4 nitrogen and oxygen atoms in total. The van der Waals surface area contributed by atoms with E-state index in [1.165, 1.54) is 22.7 Å². The minimum atomic E-state index is 0.832. The molecule has 0 unspecified atom stereocenters. The van der Waals surface area contributed by atoms with Crippen LogP contribution in [0.5, 0.6) is 0 Å². The Hall–Kier alpha value is -1.17. The lowest BCUT2D eigenvalue weighted by Gasteiger charge is -2.29. The molecule has 0 saturated heterocycles. The number of benzene rings is 1. The van der Waals surface area contributed by atoms with Crippen LogP contribution in [-0.2, 0) is 13.0 Å². The summed E-state index contributed by atoms with van der Waals surface area (Å²) in [6, 6.07) is 6.19. The van der Waals surface area contributed by atoms with Crippen molar-refractivity contribution in [2.45, 2.75) is 19.9 Å². The molecule has 6 heteroatoms. The molecule has 20 heavy (non-hydrogen) atoms. The monoisotopic (exact) mass is 308 g/mol. The fourth-order valence-electron chi connectivity index (χ4n) is 2.50. The van der Waals surface area contributed by atoms with E-state index in [0.29, 0.717) is 0 Å². The number of hydrogen-bond acceptors (Lipinski definition) is 5. The topological polar surface area (TPSA) is 41.1 Å². The lowest BCUT2D eigenvalue weighted by atomic mass is 10.00. The second kappa shape index (κ2) is 6.08. The Balaban J connectivity index is 1.53. The third kappa shape index (κ3) is 3.11. The molecule has 1 aromatic heterocycles. The number of halogens is 1. The van der Waals surface area contributed by atoms with E-state index in [2.05, 4.69) is 25.6 Å². The van der Waals surface area contributed by atoms with E-state index in [1.807, 2.05) is 19.1 Å². The van der Waals surface area contributed by atoms with Gasteiger partial charge in [-0.05, 0) is 30.5 Å². The highest BCUT2D eigenvalue weighted by molar-refractivity contribution is 7.09. The van der Waals surface area contributed by atoms with Crippen molar-refractivity contribution in [2.24, 2.45) is 0 Å². The predicted octanol–water partition coefficient (Wildman–Crippen LogP) is 2.97. The van der Waals surface area contributed by atoms with Crippen molar-refractivity contribution in [3.63, 3.8) is 0 Å². The van der Waals surface area contributed by atoms with E-state index in [9.17, 15) is 0 Å². The van der Waals surface area contributed by atoms with Crippen LogP contribution in [0.15, 0.2) is 18.2 Å². The maximum atomic E-state index is 6.23. The van der Waals surface area contributed by atoms with E-state index >= 15 is 0 Å². The average molecular weight is 309 g/mol. The van der Waals surface area contributed by atoms with Gasteiger partial charge in [-0.15, -0.1) is 0 Å². The summed E-state index contributed by atoms with van der Waals surface area (Å²) in [6.45, 7) is 5.85. The van der Waals surface area contributed by atoms with Gasteiger partial charge in [0.05, 0.1) is 0 Å². The first kappa shape index (κ1) is 13.8. The Kier molecular flexibility index (Phi) is 4.19. The number of rotatable bonds is 4. The van der Waals surface area contributed by atoms with Crippen LogP contribution in [0.25, 0.3) is 0 Å². The summed E-state index contributed by atoms with van der Waals surface area (Å²) in [5, 5.41) is 5.14. The Bertz CT molecular complexity index is 599. The quantitative estimate of drug-likeness (QED) is 0.943. The molecule has 106 valence electrons. The lowest BCUT2D eigenvalue weighted by molar-refractivity contribution is 0.264. The van der Waals surface area contributed by atoms with Crippen LogP contribution >= 0.6 is 23.1 Å². The number of nitrogens with zero attached hydrogens (tertiary/aromatic N) is 3. The van der Waals surface area contributed by atoms with Crippen LogP contribution in [-0.4, -0.2) is 33.9 Å². The fourth-order valence-corrected chi connectivity index (χ4v) is 3.39. The van der Waals surface area contributed by atoms with Crippen molar-refractivity contribution < 1.29 is 0 Å². The fraction of sp³-hybridized carbons (Fsp3) is 0.429. The van der Waals surface area contributed by atoms with Gasteiger partial charge in [0.25, 0.3) is 0 Å². The maximum Gasteiger partial charge on any atom is 0.202 e. The van der Waals surface area contributed by atoms with Crippen molar-refractivity contribution in [3.8, 4) is 0 Å². The van der Waals surface area contributed by atoms with Gasteiger partial charge in [-0.3, -0.25) is 4.90 Å². The minimum Gasteiger partial charge on any atom is -0.359 e. The van der Waals surface area contributed by atoms with Crippen LogP contribution < -0.4 is 5.32 Å². The number of aryl methyl sites for hydroxylation is 1. The predicted molar refractivity (Wildman–Crippen MR) is 83.6 cm³/mol. The number of fused-ring (bicyclic) bond motifs is 1. The van der Waals surface area contributed by atoms with Crippen LogP contribution in [0.2, 0.25) is 5.02 Å². The molecule has 1 aliphatic rings. The molecule has 3 rings (SSSR count). The second-order valence-electron chi connectivity index (χ2n) is 4.98. The van der Waals surface area contributed by atoms with Crippen molar-refractivity contribution in [2.75, 3.05) is 25.0 Å². The summed E-state index contributed by atoms with van der Waals surface area (Å²) in [5.74, 6) is 0.832. The number of aromatic nitrogens is 2. The maximum absolute atomic E-state index is 6.23. The molecule has 0 saturated carbocycles. The summed E-state index contributed by atoms with van der Waals surface area (Å²) in [7, 11) is 0. The molecule has 1 aromatic carbocycles.